The number of hydrogen-bond donors (Lipinski definition) is 2. The lowest BCUT2D eigenvalue weighted by atomic mass is 9.77. The normalized spacial score (nSPS) is 13.9. The first-order chi connectivity index (χ1) is 12.1. The van der Waals surface area contributed by atoms with E-state index in [1.54, 1.807) is 24.3 Å². The van der Waals surface area contributed by atoms with E-state index >= 15 is 0 Å². The second kappa shape index (κ2) is 5.56. The molecule has 3 aromatic rings. The Morgan fingerprint density at radius 3 is 1.92 bits per heavy atom. The van der Waals surface area contributed by atoms with Gasteiger partial charge in [-0.15, -0.1) is 0 Å². The fourth-order valence-corrected chi connectivity index (χ4v) is 3.34. The fraction of sp³-hybridized carbons (Fsp3) is 0.0500. The Labute approximate surface area is 144 Å². The molecule has 0 amide bonds. The van der Waals surface area contributed by atoms with Crippen molar-refractivity contribution >= 4 is 17.8 Å². The van der Waals surface area contributed by atoms with Gasteiger partial charge in [0, 0.05) is 40.2 Å². The van der Waals surface area contributed by atoms with E-state index in [-0.39, 0.29) is 0 Å². The number of fused-ring (bicyclic) bond motifs is 2. The van der Waals surface area contributed by atoms with E-state index in [9.17, 15) is 4.79 Å². The number of nitrogens with two attached hydrogens (primary N) is 2. The number of carbonyl (C=O) groups is 1. The lowest BCUT2D eigenvalue weighted by Gasteiger charge is -2.39. The van der Waals surface area contributed by atoms with Crippen molar-refractivity contribution in [3.8, 4) is 11.5 Å². The van der Waals surface area contributed by atoms with Gasteiger partial charge in [0.15, 0.2) is 5.60 Å². The molecule has 4 rings (SSSR count). The number of carbonyl (C=O) groups excluding carboxylic acids is 1. The van der Waals surface area contributed by atoms with Crippen LogP contribution in [0.5, 0.6) is 11.5 Å². The van der Waals surface area contributed by atoms with Crippen LogP contribution in [0.3, 0.4) is 0 Å². The smallest absolute Gasteiger partial charge is 0.294 e. The van der Waals surface area contributed by atoms with Crippen molar-refractivity contribution in [3.05, 3.63) is 83.4 Å². The molecule has 5 heteroatoms. The first-order valence-corrected chi connectivity index (χ1v) is 7.80. The highest BCUT2D eigenvalue weighted by Crippen LogP contribution is 2.52. The Morgan fingerprint density at radius 1 is 0.840 bits per heavy atom. The molecule has 0 fully saturated rings. The maximum Gasteiger partial charge on any atom is 0.294 e. The van der Waals surface area contributed by atoms with Gasteiger partial charge in [0.05, 0.1) is 0 Å². The molecule has 0 spiro atoms. The van der Waals surface area contributed by atoms with Crippen molar-refractivity contribution < 1.29 is 14.3 Å². The van der Waals surface area contributed by atoms with Crippen LogP contribution in [0.4, 0.5) is 11.4 Å². The number of benzene rings is 3. The highest BCUT2D eigenvalue weighted by atomic mass is 16.5. The summed E-state index contributed by atoms with van der Waals surface area (Å²) in [6.07, 6.45) is 0. The van der Waals surface area contributed by atoms with E-state index in [0.29, 0.717) is 40.5 Å². The number of rotatable bonds is 3. The van der Waals surface area contributed by atoms with Crippen molar-refractivity contribution in [2.45, 2.75) is 5.60 Å². The van der Waals surface area contributed by atoms with Gasteiger partial charge < -0.3 is 20.9 Å². The maximum absolute atomic E-state index is 11.5. The molecule has 4 N–H and O–H groups in total. The minimum Gasteiger partial charge on any atom is -0.456 e. The Hall–Kier alpha value is -3.47. The molecule has 0 atom stereocenters. The van der Waals surface area contributed by atoms with Crippen molar-refractivity contribution in [3.63, 3.8) is 0 Å². The molecule has 5 nitrogen and oxygen atoms in total. The lowest BCUT2D eigenvalue weighted by Crippen LogP contribution is -2.35. The van der Waals surface area contributed by atoms with Crippen LogP contribution in [-0.4, -0.2) is 6.47 Å². The molecule has 1 aliphatic heterocycles. The van der Waals surface area contributed by atoms with Gasteiger partial charge in [0.25, 0.3) is 6.47 Å². The molecular formula is C20H16N2O3. The van der Waals surface area contributed by atoms with Crippen molar-refractivity contribution in [2.24, 2.45) is 0 Å². The summed E-state index contributed by atoms with van der Waals surface area (Å²) in [5, 5.41) is 0. The molecule has 124 valence electrons. The quantitative estimate of drug-likeness (QED) is 0.567. The monoisotopic (exact) mass is 332 g/mol. The average Bonchev–Trinajstić information content (AvgIpc) is 2.61. The summed E-state index contributed by atoms with van der Waals surface area (Å²) >= 11 is 0. The van der Waals surface area contributed by atoms with Gasteiger partial charge in [-0.2, -0.15) is 0 Å². The van der Waals surface area contributed by atoms with E-state index < -0.39 is 5.60 Å². The molecule has 0 aliphatic carbocycles. The third kappa shape index (κ3) is 2.21. The minimum atomic E-state index is -1.13. The van der Waals surface area contributed by atoms with Gasteiger partial charge in [-0.25, -0.2) is 0 Å². The average molecular weight is 332 g/mol. The van der Waals surface area contributed by atoms with Gasteiger partial charge in [-0.05, 0) is 24.3 Å². The van der Waals surface area contributed by atoms with Crippen molar-refractivity contribution in [1.82, 2.24) is 0 Å². The third-order valence-electron chi connectivity index (χ3n) is 4.40. The lowest BCUT2D eigenvalue weighted by molar-refractivity contribution is -0.137. The predicted octanol–water partition coefficient (Wildman–Crippen LogP) is 3.42. The van der Waals surface area contributed by atoms with Crippen LogP contribution in [-0.2, 0) is 15.1 Å². The third-order valence-corrected chi connectivity index (χ3v) is 4.40. The Balaban J connectivity index is 2.10. The van der Waals surface area contributed by atoms with Crippen LogP contribution in [0, 0.1) is 0 Å². The molecule has 1 heterocycles. The number of hydrogen-bond acceptors (Lipinski definition) is 5. The highest BCUT2D eigenvalue weighted by molar-refractivity contribution is 5.67. The van der Waals surface area contributed by atoms with Gasteiger partial charge in [-0.1, -0.05) is 30.3 Å². The largest absolute Gasteiger partial charge is 0.456 e. The summed E-state index contributed by atoms with van der Waals surface area (Å²) in [6.45, 7) is 0.457. The molecule has 3 aromatic carbocycles. The van der Waals surface area contributed by atoms with Crippen LogP contribution < -0.4 is 16.2 Å². The van der Waals surface area contributed by atoms with Crippen molar-refractivity contribution in [2.75, 3.05) is 11.5 Å². The summed E-state index contributed by atoms with van der Waals surface area (Å²) in [5.41, 5.74) is 14.0. The first kappa shape index (κ1) is 15.1. The summed E-state index contributed by atoms with van der Waals surface area (Å²) in [7, 11) is 0. The Kier molecular flexibility index (Phi) is 3.35. The molecule has 25 heavy (non-hydrogen) atoms. The second-order valence-corrected chi connectivity index (χ2v) is 5.87. The van der Waals surface area contributed by atoms with Crippen LogP contribution >= 0.6 is 0 Å². The summed E-state index contributed by atoms with van der Waals surface area (Å²) < 4.78 is 11.8. The van der Waals surface area contributed by atoms with Crippen LogP contribution in [0.1, 0.15) is 16.7 Å². The van der Waals surface area contributed by atoms with E-state index in [4.69, 9.17) is 20.9 Å². The number of nitrogen functional groups attached to an aromatic ring is 2. The van der Waals surface area contributed by atoms with Crippen molar-refractivity contribution in [1.29, 1.82) is 0 Å². The van der Waals surface area contributed by atoms with Crippen LogP contribution in [0.2, 0.25) is 0 Å². The minimum absolute atomic E-state index is 0.457. The number of ether oxygens (including phenoxy) is 2. The SMILES string of the molecule is Nc1ccc2c(c1)Oc1cc(N)ccc1C2(OC=O)c1ccccc1. The number of anilines is 2. The first-order valence-electron chi connectivity index (χ1n) is 7.80. The van der Waals surface area contributed by atoms with Gasteiger partial charge >= 0.3 is 0 Å². The Bertz CT molecular complexity index is 903. The highest BCUT2D eigenvalue weighted by Gasteiger charge is 2.46. The van der Waals surface area contributed by atoms with E-state index in [0.717, 1.165) is 5.56 Å². The Morgan fingerprint density at radius 2 is 1.40 bits per heavy atom. The zero-order valence-corrected chi connectivity index (χ0v) is 13.3. The molecule has 0 radical (unpaired) electrons. The standard InChI is InChI=1S/C20H16N2O3/c21-14-6-8-16-18(10-14)25-19-11-15(22)7-9-17(19)20(16,24-12-23)13-4-2-1-3-5-13/h1-12H,21-22H2. The summed E-state index contributed by atoms with van der Waals surface area (Å²) in [5.74, 6) is 1.06. The predicted molar refractivity (Wildman–Crippen MR) is 95.3 cm³/mol. The maximum atomic E-state index is 11.5. The van der Waals surface area contributed by atoms with E-state index in [1.165, 1.54) is 0 Å². The molecular weight excluding hydrogens is 316 g/mol. The summed E-state index contributed by atoms with van der Waals surface area (Å²) in [6, 6.07) is 20.1. The van der Waals surface area contributed by atoms with E-state index in [1.807, 2.05) is 42.5 Å². The van der Waals surface area contributed by atoms with Gasteiger partial charge in [0.1, 0.15) is 11.5 Å². The van der Waals surface area contributed by atoms with Crippen LogP contribution in [0.25, 0.3) is 0 Å². The zero-order valence-electron chi connectivity index (χ0n) is 13.3. The zero-order chi connectivity index (χ0) is 17.4. The molecule has 0 bridgehead atoms. The summed E-state index contributed by atoms with van der Waals surface area (Å²) in [4.78, 5) is 11.5. The van der Waals surface area contributed by atoms with Gasteiger partial charge in [0.2, 0.25) is 0 Å². The molecule has 0 unspecified atom stereocenters. The van der Waals surface area contributed by atoms with Crippen LogP contribution in [0.15, 0.2) is 66.7 Å². The van der Waals surface area contributed by atoms with E-state index in [2.05, 4.69) is 0 Å². The molecule has 0 saturated carbocycles. The second-order valence-electron chi connectivity index (χ2n) is 5.87. The topological polar surface area (TPSA) is 87.6 Å². The molecule has 0 saturated heterocycles. The fourth-order valence-electron chi connectivity index (χ4n) is 3.34. The molecule has 1 aliphatic rings. The van der Waals surface area contributed by atoms with Gasteiger partial charge in [-0.3, -0.25) is 4.79 Å². The molecule has 0 aromatic heterocycles.